The monoisotopic (exact) mass is 241 g/mol. The molecule has 0 aromatic heterocycles. The van der Waals surface area contributed by atoms with Crippen molar-refractivity contribution in [3.05, 3.63) is 0 Å². The maximum atomic E-state index is 6.16. The molecule has 3 atom stereocenters. The summed E-state index contributed by atoms with van der Waals surface area (Å²) in [5.74, 6) is 2.10. The highest BCUT2D eigenvalue weighted by Gasteiger charge is 2.29. The van der Waals surface area contributed by atoms with Gasteiger partial charge in [-0.15, -0.1) is 0 Å². The highest BCUT2D eigenvalue weighted by molar-refractivity contribution is 4.80. The Balaban J connectivity index is 1.74. The van der Waals surface area contributed by atoms with E-state index in [1.165, 1.54) is 19.3 Å². The van der Waals surface area contributed by atoms with Crippen molar-refractivity contribution in [3.8, 4) is 0 Å². The van der Waals surface area contributed by atoms with Crippen LogP contribution in [0.3, 0.4) is 0 Å². The first kappa shape index (κ1) is 13.3. The lowest BCUT2D eigenvalue weighted by atomic mass is 9.80. The molecule has 2 N–H and O–H groups in total. The van der Waals surface area contributed by atoms with Crippen LogP contribution in [0.1, 0.15) is 39.0 Å². The van der Waals surface area contributed by atoms with E-state index < -0.39 is 0 Å². The summed E-state index contributed by atoms with van der Waals surface area (Å²) in [6.45, 7) is 5.85. The summed E-state index contributed by atoms with van der Waals surface area (Å²) in [5, 5.41) is 0. The maximum Gasteiger partial charge on any atom is 0.0618 e. The number of nitrogens with two attached hydrogens (primary N) is 1. The van der Waals surface area contributed by atoms with E-state index in [1.807, 2.05) is 0 Å². The molecule has 0 radical (unpaired) electrons. The van der Waals surface area contributed by atoms with Crippen LogP contribution in [0.5, 0.6) is 0 Å². The van der Waals surface area contributed by atoms with E-state index in [0.717, 1.165) is 45.1 Å². The Hall–Kier alpha value is -0.120. The van der Waals surface area contributed by atoms with E-state index in [4.69, 9.17) is 15.2 Å². The van der Waals surface area contributed by atoms with Crippen molar-refractivity contribution in [1.82, 2.24) is 0 Å². The standard InChI is InChI=1S/C14H27NO2/c1-11-2-3-13(9-15)14(8-11)17-10-12-4-6-16-7-5-12/h11-14H,2-10,15H2,1H3. The van der Waals surface area contributed by atoms with Gasteiger partial charge >= 0.3 is 0 Å². The molecule has 2 fully saturated rings. The van der Waals surface area contributed by atoms with Gasteiger partial charge in [-0.05, 0) is 50.0 Å². The Morgan fingerprint density at radius 3 is 2.65 bits per heavy atom. The van der Waals surface area contributed by atoms with E-state index in [0.29, 0.717) is 17.9 Å². The van der Waals surface area contributed by atoms with Gasteiger partial charge < -0.3 is 15.2 Å². The molecule has 3 unspecified atom stereocenters. The largest absolute Gasteiger partial charge is 0.381 e. The minimum atomic E-state index is 0.409. The Kier molecular flexibility index (Phi) is 5.26. The van der Waals surface area contributed by atoms with Gasteiger partial charge in [-0.1, -0.05) is 13.3 Å². The molecule has 0 spiro atoms. The van der Waals surface area contributed by atoms with Crippen LogP contribution in [-0.2, 0) is 9.47 Å². The van der Waals surface area contributed by atoms with Crippen LogP contribution < -0.4 is 5.73 Å². The summed E-state index contributed by atoms with van der Waals surface area (Å²) in [5.41, 5.74) is 5.85. The summed E-state index contributed by atoms with van der Waals surface area (Å²) in [6.07, 6.45) is 6.50. The molecule has 0 aromatic carbocycles. The first-order valence-electron chi connectivity index (χ1n) is 7.19. The molecule has 17 heavy (non-hydrogen) atoms. The van der Waals surface area contributed by atoms with Crippen molar-refractivity contribution in [3.63, 3.8) is 0 Å². The lowest BCUT2D eigenvalue weighted by molar-refractivity contribution is -0.0531. The van der Waals surface area contributed by atoms with Gasteiger partial charge in [-0.3, -0.25) is 0 Å². The van der Waals surface area contributed by atoms with Crippen LogP contribution >= 0.6 is 0 Å². The molecular weight excluding hydrogens is 214 g/mol. The molecule has 1 aliphatic heterocycles. The lowest BCUT2D eigenvalue weighted by Crippen LogP contribution is -2.37. The summed E-state index contributed by atoms with van der Waals surface area (Å²) in [6, 6.07) is 0. The molecule has 0 aromatic rings. The molecule has 3 heteroatoms. The molecule has 2 rings (SSSR count). The van der Waals surface area contributed by atoms with Crippen molar-refractivity contribution in [2.24, 2.45) is 23.5 Å². The second-order valence-corrected chi connectivity index (χ2v) is 5.84. The average Bonchev–Trinajstić information content (AvgIpc) is 2.38. The zero-order chi connectivity index (χ0) is 12.1. The van der Waals surface area contributed by atoms with Crippen molar-refractivity contribution < 1.29 is 9.47 Å². The van der Waals surface area contributed by atoms with Crippen molar-refractivity contribution in [2.45, 2.75) is 45.1 Å². The Labute approximate surface area is 105 Å². The van der Waals surface area contributed by atoms with Gasteiger partial charge in [-0.25, -0.2) is 0 Å². The molecule has 100 valence electrons. The van der Waals surface area contributed by atoms with E-state index in [2.05, 4.69) is 6.92 Å². The first-order valence-corrected chi connectivity index (χ1v) is 7.19. The number of ether oxygens (including phenoxy) is 2. The fourth-order valence-electron chi connectivity index (χ4n) is 3.04. The Bertz CT molecular complexity index is 216. The summed E-state index contributed by atoms with van der Waals surface area (Å²) < 4.78 is 11.5. The molecular formula is C14H27NO2. The van der Waals surface area contributed by atoms with Gasteiger partial charge in [0.15, 0.2) is 0 Å². The predicted octanol–water partition coefficient (Wildman–Crippen LogP) is 2.19. The van der Waals surface area contributed by atoms with Gasteiger partial charge in [0.05, 0.1) is 6.10 Å². The second kappa shape index (κ2) is 6.72. The molecule has 3 nitrogen and oxygen atoms in total. The van der Waals surface area contributed by atoms with E-state index in [-0.39, 0.29) is 0 Å². The zero-order valence-corrected chi connectivity index (χ0v) is 11.1. The van der Waals surface area contributed by atoms with Crippen LogP contribution in [0, 0.1) is 17.8 Å². The smallest absolute Gasteiger partial charge is 0.0618 e. The molecule has 1 heterocycles. The van der Waals surface area contributed by atoms with Crippen molar-refractivity contribution in [2.75, 3.05) is 26.4 Å². The lowest BCUT2D eigenvalue weighted by Gasteiger charge is -2.35. The minimum absolute atomic E-state index is 0.409. The third kappa shape index (κ3) is 3.94. The summed E-state index contributed by atoms with van der Waals surface area (Å²) in [7, 11) is 0. The fourth-order valence-corrected chi connectivity index (χ4v) is 3.04. The molecule has 1 saturated heterocycles. The second-order valence-electron chi connectivity index (χ2n) is 5.84. The zero-order valence-electron chi connectivity index (χ0n) is 11.1. The highest BCUT2D eigenvalue weighted by Crippen LogP contribution is 2.31. The van der Waals surface area contributed by atoms with Crippen LogP contribution in [0.2, 0.25) is 0 Å². The van der Waals surface area contributed by atoms with Gasteiger partial charge in [-0.2, -0.15) is 0 Å². The van der Waals surface area contributed by atoms with Gasteiger partial charge in [0.1, 0.15) is 0 Å². The van der Waals surface area contributed by atoms with E-state index in [1.54, 1.807) is 0 Å². The summed E-state index contributed by atoms with van der Waals surface area (Å²) in [4.78, 5) is 0. The van der Waals surface area contributed by atoms with Crippen molar-refractivity contribution in [1.29, 1.82) is 0 Å². The third-order valence-corrected chi connectivity index (χ3v) is 4.38. The number of hydrogen-bond acceptors (Lipinski definition) is 3. The average molecular weight is 241 g/mol. The normalized spacial score (nSPS) is 36.0. The molecule has 1 aliphatic carbocycles. The SMILES string of the molecule is CC1CCC(CN)C(OCC2CCOCC2)C1. The molecule has 0 amide bonds. The van der Waals surface area contributed by atoms with Gasteiger partial charge in [0, 0.05) is 19.8 Å². The van der Waals surface area contributed by atoms with Crippen LogP contribution in [0.4, 0.5) is 0 Å². The molecule has 2 aliphatic rings. The minimum Gasteiger partial charge on any atom is -0.381 e. The maximum absolute atomic E-state index is 6.16. The Morgan fingerprint density at radius 2 is 1.94 bits per heavy atom. The highest BCUT2D eigenvalue weighted by atomic mass is 16.5. The van der Waals surface area contributed by atoms with Crippen molar-refractivity contribution >= 4 is 0 Å². The Morgan fingerprint density at radius 1 is 1.18 bits per heavy atom. The third-order valence-electron chi connectivity index (χ3n) is 4.38. The first-order chi connectivity index (χ1) is 8.29. The fraction of sp³-hybridized carbons (Fsp3) is 1.00. The molecule has 1 saturated carbocycles. The topological polar surface area (TPSA) is 44.5 Å². The quantitative estimate of drug-likeness (QED) is 0.820. The molecule has 0 bridgehead atoms. The van der Waals surface area contributed by atoms with E-state index >= 15 is 0 Å². The van der Waals surface area contributed by atoms with Gasteiger partial charge in [0.25, 0.3) is 0 Å². The van der Waals surface area contributed by atoms with Crippen LogP contribution in [0.15, 0.2) is 0 Å². The number of hydrogen-bond donors (Lipinski definition) is 1. The van der Waals surface area contributed by atoms with E-state index in [9.17, 15) is 0 Å². The number of rotatable bonds is 4. The van der Waals surface area contributed by atoms with Crippen LogP contribution in [0.25, 0.3) is 0 Å². The van der Waals surface area contributed by atoms with Gasteiger partial charge in [0.2, 0.25) is 0 Å². The summed E-state index contributed by atoms with van der Waals surface area (Å²) >= 11 is 0. The predicted molar refractivity (Wildman–Crippen MR) is 68.8 cm³/mol. The van der Waals surface area contributed by atoms with Crippen LogP contribution in [-0.4, -0.2) is 32.5 Å².